The predicted molar refractivity (Wildman–Crippen MR) is 53.7 cm³/mol. The first-order chi connectivity index (χ1) is 6.74. The van der Waals surface area contributed by atoms with Crippen LogP contribution < -0.4 is 0 Å². The fourth-order valence-electron chi connectivity index (χ4n) is 1.99. The number of aliphatic hydroxyl groups excluding tert-OH is 1. The maximum absolute atomic E-state index is 9.50. The van der Waals surface area contributed by atoms with Gasteiger partial charge in [-0.25, -0.2) is 0 Å². The molecule has 1 aromatic rings. The molecule has 2 rings (SSSR count). The Balaban J connectivity index is 1.90. The first-order valence-electron chi connectivity index (χ1n) is 5.12. The second-order valence-corrected chi connectivity index (χ2v) is 4.05. The van der Waals surface area contributed by atoms with Crippen molar-refractivity contribution in [2.75, 3.05) is 13.1 Å². The Kier molecular flexibility index (Phi) is 2.84. The Morgan fingerprint density at radius 1 is 1.64 bits per heavy atom. The van der Waals surface area contributed by atoms with Crippen molar-refractivity contribution in [3.63, 3.8) is 0 Å². The average molecular weight is 195 g/mol. The van der Waals surface area contributed by atoms with Gasteiger partial charge in [-0.2, -0.15) is 5.10 Å². The van der Waals surface area contributed by atoms with Crippen molar-refractivity contribution in [2.45, 2.75) is 25.5 Å². The van der Waals surface area contributed by atoms with Gasteiger partial charge in [0.05, 0.1) is 12.3 Å². The number of hydrogen-bond acceptors (Lipinski definition) is 3. The second kappa shape index (κ2) is 4.11. The van der Waals surface area contributed by atoms with E-state index in [4.69, 9.17) is 0 Å². The van der Waals surface area contributed by atoms with Gasteiger partial charge in [-0.3, -0.25) is 9.58 Å². The third kappa shape index (κ3) is 2.33. The van der Waals surface area contributed by atoms with Crippen LogP contribution in [0, 0.1) is 0 Å². The second-order valence-electron chi connectivity index (χ2n) is 4.05. The summed E-state index contributed by atoms with van der Waals surface area (Å²) in [6.07, 6.45) is 5.83. The summed E-state index contributed by atoms with van der Waals surface area (Å²) >= 11 is 0. The zero-order valence-corrected chi connectivity index (χ0v) is 8.56. The minimum atomic E-state index is -0.138. The number of aryl methyl sites for hydroxylation is 1. The molecule has 78 valence electrons. The lowest BCUT2D eigenvalue weighted by molar-refractivity contribution is 0.0668. The fraction of sp³-hybridized carbons (Fsp3) is 0.700. The number of aliphatic hydroxyl groups is 1. The minimum absolute atomic E-state index is 0.138. The van der Waals surface area contributed by atoms with Crippen molar-refractivity contribution in [3.05, 3.63) is 18.0 Å². The molecule has 0 radical (unpaired) electrons. The first kappa shape index (κ1) is 9.68. The number of likely N-dealkylation sites (tertiary alicyclic amines) is 1. The zero-order chi connectivity index (χ0) is 9.97. The molecular formula is C10H17N3O. The Bertz CT molecular complexity index is 297. The number of β-amino-alcohol motifs (C(OH)–C–C–N with tert-alkyl or cyclic N) is 1. The van der Waals surface area contributed by atoms with E-state index in [1.807, 2.05) is 24.1 Å². The van der Waals surface area contributed by atoms with Crippen LogP contribution in [0.1, 0.15) is 18.4 Å². The molecule has 4 nitrogen and oxygen atoms in total. The van der Waals surface area contributed by atoms with E-state index in [1.54, 1.807) is 0 Å². The molecule has 0 aliphatic carbocycles. The predicted octanol–water partition coefficient (Wildman–Crippen LogP) is 0.377. The molecule has 14 heavy (non-hydrogen) atoms. The standard InChI is InChI=1S/C10H17N3O/c1-12-6-9(5-11-12)7-13-4-2-3-10(14)8-13/h5-6,10,14H,2-4,7-8H2,1H3/t10-/m0/s1. The number of nitrogens with zero attached hydrogens (tertiary/aromatic N) is 3. The highest BCUT2D eigenvalue weighted by Crippen LogP contribution is 2.12. The van der Waals surface area contributed by atoms with Crippen molar-refractivity contribution in [1.82, 2.24) is 14.7 Å². The molecule has 4 heteroatoms. The molecule has 1 aliphatic heterocycles. The molecular weight excluding hydrogens is 178 g/mol. The summed E-state index contributed by atoms with van der Waals surface area (Å²) in [6.45, 7) is 2.80. The molecule has 1 fully saturated rings. The lowest BCUT2D eigenvalue weighted by atomic mass is 10.1. The topological polar surface area (TPSA) is 41.3 Å². The summed E-state index contributed by atoms with van der Waals surface area (Å²) in [6, 6.07) is 0. The maximum atomic E-state index is 9.50. The van der Waals surface area contributed by atoms with Gasteiger partial charge in [0.25, 0.3) is 0 Å². The van der Waals surface area contributed by atoms with Crippen LogP contribution >= 0.6 is 0 Å². The normalized spacial score (nSPS) is 24.0. The lowest BCUT2D eigenvalue weighted by Gasteiger charge is -2.29. The summed E-state index contributed by atoms with van der Waals surface area (Å²) < 4.78 is 1.82. The van der Waals surface area contributed by atoms with Gasteiger partial charge in [-0.05, 0) is 19.4 Å². The third-order valence-electron chi connectivity index (χ3n) is 2.65. The van der Waals surface area contributed by atoms with Crippen LogP contribution in [0.5, 0.6) is 0 Å². The molecule has 0 amide bonds. The minimum Gasteiger partial charge on any atom is -0.392 e. The Hall–Kier alpha value is -0.870. The van der Waals surface area contributed by atoms with E-state index in [0.29, 0.717) is 0 Å². The molecule has 1 atom stereocenters. The molecule has 0 unspecified atom stereocenters. The zero-order valence-electron chi connectivity index (χ0n) is 8.56. The van der Waals surface area contributed by atoms with Gasteiger partial charge in [0.15, 0.2) is 0 Å². The molecule has 1 aliphatic rings. The van der Waals surface area contributed by atoms with E-state index in [0.717, 1.165) is 32.5 Å². The lowest BCUT2D eigenvalue weighted by Crippen LogP contribution is -2.37. The van der Waals surface area contributed by atoms with Gasteiger partial charge in [0.2, 0.25) is 0 Å². The van der Waals surface area contributed by atoms with Gasteiger partial charge in [-0.1, -0.05) is 0 Å². The van der Waals surface area contributed by atoms with Crippen LogP contribution in [0.25, 0.3) is 0 Å². The molecule has 0 bridgehead atoms. The van der Waals surface area contributed by atoms with E-state index < -0.39 is 0 Å². The SMILES string of the molecule is Cn1cc(CN2CCC[C@H](O)C2)cn1. The average Bonchev–Trinajstić information content (AvgIpc) is 2.51. The van der Waals surface area contributed by atoms with Crippen molar-refractivity contribution < 1.29 is 5.11 Å². The summed E-state index contributed by atoms with van der Waals surface area (Å²) in [4.78, 5) is 2.28. The van der Waals surface area contributed by atoms with Crippen LogP contribution in [0.3, 0.4) is 0 Å². The molecule has 0 saturated carbocycles. The molecule has 0 spiro atoms. The largest absolute Gasteiger partial charge is 0.392 e. The van der Waals surface area contributed by atoms with Gasteiger partial charge < -0.3 is 5.11 Å². The highest BCUT2D eigenvalue weighted by Gasteiger charge is 2.17. The molecule has 1 aromatic heterocycles. The van der Waals surface area contributed by atoms with E-state index in [9.17, 15) is 5.11 Å². The van der Waals surface area contributed by atoms with Crippen LogP contribution in [-0.2, 0) is 13.6 Å². The van der Waals surface area contributed by atoms with E-state index >= 15 is 0 Å². The van der Waals surface area contributed by atoms with Gasteiger partial charge in [-0.15, -0.1) is 0 Å². The molecule has 1 N–H and O–H groups in total. The van der Waals surface area contributed by atoms with E-state index in [2.05, 4.69) is 10.00 Å². The summed E-state index contributed by atoms with van der Waals surface area (Å²) in [7, 11) is 1.93. The number of hydrogen-bond donors (Lipinski definition) is 1. The number of rotatable bonds is 2. The number of piperidine rings is 1. The summed E-state index contributed by atoms with van der Waals surface area (Å²) in [5, 5.41) is 13.6. The van der Waals surface area contributed by atoms with Crippen LogP contribution in [-0.4, -0.2) is 39.0 Å². The first-order valence-corrected chi connectivity index (χ1v) is 5.12. The van der Waals surface area contributed by atoms with Gasteiger partial charge in [0.1, 0.15) is 0 Å². The van der Waals surface area contributed by atoms with Crippen LogP contribution in [0.2, 0.25) is 0 Å². The highest BCUT2D eigenvalue weighted by atomic mass is 16.3. The Morgan fingerprint density at radius 2 is 2.50 bits per heavy atom. The maximum Gasteiger partial charge on any atom is 0.0667 e. The fourth-order valence-corrected chi connectivity index (χ4v) is 1.99. The van der Waals surface area contributed by atoms with Crippen molar-refractivity contribution in [2.24, 2.45) is 7.05 Å². The smallest absolute Gasteiger partial charge is 0.0667 e. The van der Waals surface area contributed by atoms with E-state index in [1.165, 1.54) is 5.56 Å². The van der Waals surface area contributed by atoms with Crippen molar-refractivity contribution in [1.29, 1.82) is 0 Å². The monoisotopic (exact) mass is 195 g/mol. The van der Waals surface area contributed by atoms with E-state index in [-0.39, 0.29) is 6.10 Å². The van der Waals surface area contributed by atoms with Crippen molar-refractivity contribution >= 4 is 0 Å². The van der Waals surface area contributed by atoms with Gasteiger partial charge >= 0.3 is 0 Å². The Labute approximate surface area is 84.1 Å². The molecule has 0 aromatic carbocycles. The molecule has 2 heterocycles. The third-order valence-corrected chi connectivity index (χ3v) is 2.65. The highest BCUT2D eigenvalue weighted by molar-refractivity contribution is 5.03. The van der Waals surface area contributed by atoms with Crippen molar-refractivity contribution in [3.8, 4) is 0 Å². The summed E-state index contributed by atoms with van der Waals surface area (Å²) in [5.74, 6) is 0. The number of aromatic nitrogens is 2. The summed E-state index contributed by atoms with van der Waals surface area (Å²) in [5.41, 5.74) is 1.22. The van der Waals surface area contributed by atoms with Crippen LogP contribution in [0.15, 0.2) is 12.4 Å². The molecule has 1 saturated heterocycles. The van der Waals surface area contributed by atoms with Crippen LogP contribution in [0.4, 0.5) is 0 Å². The quantitative estimate of drug-likeness (QED) is 0.741. The van der Waals surface area contributed by atoms with Gasteiger partial charge in [0, 0.05) is 31.9 Å². The Morgan fingerprint density at radius 3 is 3.14 bits per heavy atom.